The molecular formula is C9H15N2O+. The van der Waals surface area contributed by atoms with Crippen molar-refractivity contribution in [3.05, 3.63) is 0 Å². The third kappa shape index (κ3) is 1.13. The largest absolute Gasteiger partial charge is 0.344 e. The van der Waals surface area contributed by atoms with Gasteiger partial charge in [0.05, 0.1) is 0 Å². The fraction of sp³-hybridized carbons (Fsp3) is 0.778. The number of rotatable bonds is 0. The highest BCUT2D eigenvalue weighted by molar-refractivity contribution is 5.88. The van der Waals surface area contributed by atoms with Gasteiger partial charge in [-0.1, -0.05) is 6.42 Å². The first-order valence-electron chi connectivity index (χ1n) is 4.73. The molecule has 3 nitrogen and oxygen atoms in total. The maximum absolute atomic E-state index is 10.9. The average molecular weight is 167 g/mol. The Morgan fingerprint density at radius 1 is 1.33 bits per heavy atom. The summed E-state index contributed by atoms with van der Waals surface area (Å²) in [6, 6.07) is 0.0816. The van der Waals surface area contributed by atoms with Gasteiger partial charge in [0.15, 0.2) is 5.71 Å². The Labute approximate surface area is 72.4 Å². The summed E-state index contributed by atoms with van der Waals surface area (Å²) in [6.45, 7) is 1.96. The van der Waals surface area contributed by atoms with Crippen molar-refractivity contribution in [3.63, 3.8) is 0 Å². The van der Waals surface area contributed by atoms with Crippen LogP contribution in [0.15, 0.2) is 0 Å². The van der Waals surface area contributed by atoms with Crippen LogP contribution >= 0.6 is 0 Å². The summed E-state index contributed by atoms with van der Waals surface area (Å²) in [7, 11) is 0. The molecule has 1 aliphatic heterocycles. The van der Waals surface area contributed by atoms with Gasteiger partial charge >= 0.3 is 5.91 Å². The van der Waals surface area contributed by atoms with Gasteiger partial charge in [0.1, 0.15) is 0 Å². The second kappa shape index (κ2) is 2.88. The monoisotopic (exact) mass is 167 g/mol. The molecule has 1 atom stereocenters. The Morgan fingerprint density at radius 3 is 2.50 bits per heavy atom. The predicted molar refractivity (Wildman–Crippen MR) is 46.0 cm³/mol. The molecule has 0 aromatic rings. The molecule has 12 heavy (non-hydrogen) atoms. The molecule has 2 fully saturated rings. The highest BCUT2D eigenvalue weighted by Gasteiger charge is 2.41. The molecule has 1 saturated heterocycles. The van der Waals surface area contributed by atoms with E-state index in [0.717, 1.165) is 0 Å². The summed E-state index contributed by atoms with van der Waals surface area (Å²) in [6.07, 6.45) is 6.26. The molecule has 2 rings (SSSR count). The van der Waals surface area contributed by atoms with Gasteiger partial charge in [0, 0.05) is 19.8 Å². The number of carbonyl (C=O) groups is 1. The van der Waals surface area contributed by atoms with E-state index >= 15 is 0 Å². The van der Waals surface area contributed by atoms with Gasteiger partial charge in [0.2, 0.25) is 0 Å². The van der Waals surface area contributed by atoms with E-state index < -0.39 is 0 Å². The molecule has 0 bridgehead atoms. The number of hydrazine groups is 1. The van der Waals surface area contributed by atoms with Crippen LogP contribution in [0.2, 0.25) is 0 Å². The SMILES string of the molecule is CC1C(=O)N[N+]1=C1CCCCC1. The molecule has 0 aromatic carbocycles. The Bertz CT molecular complexity index is 237. The highest BCUT2D eigenvalue weighted by Crippen LogP contribution is 2.16. The van der Waals surface area contributed by atoms with E-state index in [2.05, 4.69) is 5.43 Å². The maximum Gasteiger partial charge on any atom is 0.344 e. The molecule has 1 aliphatic carbocycles. The van der Waals surface area contributed by atoms with E-state index in [1.54, 1.807) is 0 Å². The third-order valence-electron chi connectivity index (χ3n) is 2.77. The number of hydrazone groups is 1. The Hall–Kier alpha value is -0.860. The summed E-state index contributed by atoms with van der Waals surface area (Å²) in [5.41, 5.74) is 4.24. The van der Waals surface area contributed by atoms with Crippen molar-refractivity contribution in [1.82, 2.24) is 5.43 Å². The van der Waals surface area contributed by atoms with Crippen molar-refractivity contribution in [3.8, 4) is 0 Å². The molecule has 1 unspecified atom stereocenters. The van der Waals surface area contributed by atoms with Gasteiger partial charge < -0.3 is 0 Å². The number of nitrogens with one attached hydrogen (secondary N) is 1. The molecule has 1 N–H and O–H groups in total. The lowest BCUT2D eigenvalue weighted by Gasteiger charge is -2.23. The summed E-state index contributed by atoms with van der Waals surface area (Å²) in [4.78, 5) is 10.9. The van der Waals surface area contributed by atoms with Gasteiger partial charge in [-0.15, -0.1) is 10.1 Å². The second-order valence-corrected chi connectivity index (χ2v) is 3.65. The normalized spacial score (nSPS) is 29.8. The lowest BCUT2D eigenvalue weighted by Crippen LogP contribution is -2.61. The molecule has 0 radical (unpaired) electrons. The molecule has 66 valence electrons. The van der Waals surface area contributed by atoms with Crippen LogP contribution in [0.4, 0.5) is 0 Å². The van der Waals surface area contributed by atoms with Crippen LogP contribution in [0, 0.1) is 0 Å². The standard InChI is InChI=1S/C9H14N2O/c1-7-9(12)10-11(7)8-5-3-2-4-6-8/h7H,2-6H2,1H3/p+1. The fourth-order valence-corrected chi connectivity index (χ4v) is 1.91. The maximum atomic E-state index is 10.9. The summed E-state index contributed by atoms with van der Waals surface area (Å²) >= 11 is 0. The van der Waals surface area contributed by atoms with E-state index in [1.807, 2.05) is 11.6 Å². The fourth-order valence-electron chi connectivity index (χ4n) is 1.91. The summed E-state index contributed by atoms with van der Waals surface area (Å²) < 4.78 is 2.04. The van der Waals surface area contributed by atoms with Crippen LogP contribution in [-0.2, 0) is 4.79 Å². The minimum Gasteiger partial charge on any atom is -0.261 e. The average Bonchev–Trinajstić information content (AvgIpc) is 2.15. The van der Waals surface area contributed by atoms with Gasteiger partial charge in [-0.2, -0.15) is 0 Å². The number of hydrogen-bond donors (Lipinski definition) is 1. The molecule has 3 heteroatoms. The Kier molecular flexibility index (Phi) is 1.87. The van der Waals surface area contributed by atoms with Gasteiger partial charge in [0.25, 0.3) is 6.04 Å². The lowest BCUT2D eigenvalue weighted by atomic mass is 9.97. The van der Waals surface area contributed by atoms with Crippen molar-refractivity contribution in [2.75, 3.05) is 0 Å². The topological polar surface area (TPSA) is 32.1 Å². The molecule has 1 amide bonds. The lowest BCUT2D eigenvalue weighted by molar-refractivity contribution is -0.636. The van der Waals surface area contributed by atoms with Crippen molar-refractivity contribution in [2.45, 2.75) is 45.1 Å². The van der Waals surface area contributed by atoms with Crippen molar-refractivity contribution in [1.29, 1.82) is 0 Å². The van der Waals surface area contributed by atoms with E-state index in [1.165, 1.54) is 37.8 Å². The van der Waals surface area contributed by atoms with Crippen molar-refractivity contribution >= 4 is 11.6 Å². The van der Waals surface area contributed by atoms with E-state index in [9.17, 15) is 4.79 Å². The van der Waals surface area contributed by atoms with E-state index in [0.29, 0.717) is 0 Å². The van der Waals surface area contributed by atoms with Gasteiger partial charge in [-0.25, -0.2) is 0 Å². The zero-order valence-corrected chi connectivity index (χ0v) is 7.47. The first kappa shape index (κ1) is 7.77. The summed E-state index contributed by atoms with van der Waals surface area (Å²) in [5.74, 6) is 0.160. The number of amides is 1. The van der Waals surface area contributed by atoms with Crippen molar-refractivity contribution < 1.29 is 9.48 Å². The number of carbonyl (C=O) groups excluding carboxylic acids is 1. The summed E-state index contributed by atoms with van der Waals surface area (Å²) in [5, 5.41) is 0. The van der Waals surface area contributed by atoms with Crippen molar-refractivity contribution in [2.24, 2.45) is 0 Å². The van der Waals surface area contributed by atoms with Crippen LogP contribution < -0.4 is 5.43 Å². The van der Waals surface area contributed by atoms with E-state index in [4.69, 9.17) is 0 Å². The van der Waals surface area contributed by atoms with Crippen LogP contribution in [0.5, 0.6) is 0 Å². The minimum atomic E-state index is 0.0816. The van der Waals surface area contributed by atoms with Crippen LogP contribution in [0.3, 0.4) is 0 Å². The van der Waals surface area contributed by atoms with Crippen LogP contribution in [0.25, 0.3) is 0 Å². The Balaban J connectivity index is 2.09. The van der Waals surface area contributed by atoms with Crippen LogP contribution in [0.1, 0.15) is 39.0 Å². The third-order valence-corrected chi connectivity index (χ3v) is 2.77. The van der Waals surface area contributed by atoms with Crippen LogP contribution in [-0.4, -0.2) is 22.3 Å². The molecule has 1 saturated carbocycles. The minimum absolute atomic E-state index is 0.0816. The Morgan fingerprint density at radius 2 is 2.00 bits per heavy atom. The quantitative estimate of drug-likeness (QED) is 0.533. The second-order valence-electron chi connectivity index (χ2n) is 3.65. The predicted octanol–water partition coefficient (Wildman–Crippen LogP) is 0.837. The molecular weight excluding hydrogens is 152 g/mol. The molecule has 0 spiro atoms. The zero-order chi connectivity index (χ0) is 8.55. The zero-order valence-electron chi connectivity index (χ0n) is 7.47. The van der Waals surface area contributed by atoms with Gasteiger partial charge in [-0.05, 0) is 12.8 Å². The van der Waals surface area contributed by atoms with Gasteiger partial charge in [-0.3, -0.25) is 4.79 Å². The number of hydrogen-bond acceptors (Lipinski definition) is 1. The van der Waals surface area contributed by atoms with E-state index in [-0.39, 0.29) is 11.9 Å². The molecule has 1 heterocycles. The number of nitrogens with zero attached hydrogens (tertiary/aromatic N) is 1. The molecule has 0 aromatic heterocycles. The smallest absolute Gasteiger partial charge is 0.261 e. The molecule has 2 aliphatic rings. The first-order chi connectivity index (χ1) is 5.79. The first-order valence-corrected chi connectivity index (χ1v) is 4.73. The highest BCUT2D eigenvalue weighted by atomic mass is 16.2.